The van der Waals surface area contributed by atoms with Crippen LogP contribution in [-0.4, -0.2) is 15.5 Å². The van der Waals surface area contributed by atoms with E-state index in [0.717, 1.165) is 33.8 Å². The number of carbonyl (C=O) groups excluding carboxylic acids is 1. The van der Waals surface area contributed by atoms with Crippen molar-refractivity contribution < 1.29 is 4.79 Å². The number of hydrogen-bond acceptors (Lipinski definition) is 1. The van der Waals surface area contributed by atoms with Gasteiger partial charge in [0.2, 0.25) is 0 Å². The molecule has 0 fully saturated rings. The average Bonchev–Trinajstić information content (AvgIpc) is 3.25. The molecule has 1 aliphatic heterocycles. The van der Waals surface area contributed by atoms with Gasteiger partial charge in [0, 0.05) is 17.6 Å². The van der Waals surface area contributed by atoms with Crippen LogP contribution < -0.4 is 5.32 Å². The van der Waals surface area contributed by atoms with Crippen LogP contribution >= 0.6 is 0 Å². The van der Waals surface area contributed by atoms with Gasteiger partial charge in [-0.2, -0.15) is 0 Å². The van der Waals surface area contributed by atoms with Crippen LogP contribution in [0.4, 0.5) is 10.5 Å². The van der Waals surface area contributed by atoms with E-state index < -0.39 is 0 Å². The summed E-state index contributed by atoms with van der Waals surface area (Å²) in [7, 11) is 0. The van der Waals surface area contributed by atoms with Crippen molar-refractivity contribution >= 4 is 11.7 Å². The van der Waals surface area contributed by atoms with Crippen molar-refractivity contribution in [2.45, 2.75) is 39.3 Å². The molecule has 2 amide bonds. The Labute approximate surface area is 195 Å². The van der Waals surface area contributed by atoms with E-state index in [2.05, 4.69) is 84.5 Å². The van der Waals surface area contributed by atoms with Crippen molar-refractivity contribution in [1.82, 2.24) is 9.47 Å². The Morgan fingerprint density at radius 1 is 0.909 bits per heavy atom. The number of aryl methyl sites for hydroxylation is 1. The van der Waals surface area contributed by atoms with Gasteiger partial charge in [0.25, 0.3) is 0 Å². The number of nitrogens with one attached hydrogen (secondary N) is 1. The molecule has 5 rings (SSSR count). The van der Waals surface area contributed by atoms with Gasteiger partial charge in [-0.15, -0.1) is 0 Å². The number of benzene rings is 3. The summed E-state index contributed by atoms with van der Waals surface area (Å²) in [5.74, 6) is 0.460. The Hall–Kier alpha value is -3.79. The lowest BCUT2D eigenvalue weighted by Gasteiger charge is -2.31. The van der Waals surface area contributed by atoms with E-state index in [1.807, 2.05) is 42.2 Å². The van der Waals surface area contributed by atoms with Crippen molar-refractivity contribution in [2.75, 3.05) is 5.32 Å². The van der Waals surface area contributed by atoms with E-state index in [1.54, 1.807) is 0 Å². The first-order valence-corrected chi connectivity index (χ1v) is 11.5. The zero-order valence-corrected chi connectivity index (χ0v) is 19.3. The number of rotatable bonds is 3. The first-order chi connectivity index (χ1) is 16.0. The minimum atomic E-state index is -0.211. The summed E-state index contributed by atoms with van der Waals surface area (Å²) < 4.78 is 2.22. The van der Waals surface area contributed by atoms with Gasteiger partial charge >= 0.3 is 6.03 Å². The molecule has 2 heterocycles. The zero-order valence-electron chi connectivity index (χ0n) is 19.3. The standard InChI is InChI=1S/C29H29N3O/c1-20(2)22-14-16-23(17-15-22)28-27-13-8-18-31(27)26-12-7-5-10-24(26)19-32(28)29(33)30-25-11-6-4-9-21(25)3/h4-18,20,28H,19H2,1-3H3,(H,30,33)/t28-/m0/s1. The number of para-hydroxylation sites is 2. The largest absolute Gasteiger partial charge is 0.322 e. The van der Waals surface area contributed by atoms with E-state index >= 15 is 0 Å². The number of carbonyl (C=O) groups is 1. The third kappa shape index (κ3) is 3.93. The highest BCUT2D eigenvalue weighted by Crippen LogP contribution is 2.37. The van der Waals surface area contributed by atoms with Gasteiger partial charge in [0.05, 0.1) is 18.3 Å². The monoisotopic (exact) mass is 435 g/mol. The minimum absolute atomic E-state index is 0.105. The van der Waals surface area contributed by atoms with Crippen LogP contribution in [0.1, 0.15) is 53.8 Å². The lowest BCUT2D eigenvalue weighted by Crippen LogP contribution is -2.38. The van der Waals surface area contributed by atoms with Crippen LogP contribution in [0.5, 0.6) is 0 Å². The Balaban J connectivity index is 1.62. The molecule has 1 aromatic heterocycles. The molecule has 0 aliphatic carbocycles. The van der Waals surface area contributed by atoms with Crippen LogP contribution in [0.15, 0.2) is 91.1 Å². The SMILES string of the molecule is Cc1ccccc1NC(=O)N1Cc2ccccc2-n2cccc2[C@@H]1c1ccc(C(C)C)cc1. The number of fused-ring (bicyclic) bond motifs is 3. The average molecular weight is 436 g/mol. The molecule has 4 nitrogen and oxygen atoms in total. The fourth-order valence-corrected chi connectivity index (χ4v) is 4.65. The molecule has 0 unspecified atom stereocenters. The van der Waals surface area contributed by atoms with Gasteiger partial charge in [-0.25, -0.2) is 4.79 Å². The van der Waals surface area contributed by atoms with Crippen molar-refractivity contribution in [1.29, 1.82) is 0 Å². The molecule has 1 aliphatic rings. The third-order valence-electron chi connectivity index (χ3n) is 6.53. The van der Waals surface area contributed by atoms with Gasteiger partial charge in [0.1, 0.15) is 0 Å². The predicted octanol–water partition coefficient (Wildman–Crippen LogP) is 7.05. The molecule has 4 heteroatoms. The van der Waals surface area contributed by atoms with Gasteiger partial charge in [0.15, 0.2) is 0 Å². The van der Waals surface area contributed by atoms with E-state index in [-0.39, 0.29) is 12.1 Å². The maximum absolute atomic E-state index is 13.8. The highest BCUT2D eigenvalue weighted by atomic mass is 16.2. The van der Waals surface area contributed by atoms with Gasteiger partial charge in [-0.05, 0) is 59.4 Å². The van der Waals surface area contributed by atoms with Crippen LogP contribution in [0.3, 0.4) is 0 Å². The molecule has 1 atom stereocenters. The molecule has 0 saturated carbocycles. The molecule has 0 saturated heterocycles. The van der Waals surface area contributed by atoms with Crippen molar-refractivity contribution in [2.24, 2.45) is 0 Å². The number of urea groups is 1. The highest BCUT2D eigenvalue weighted by Gasteiger charge is 2.33. The molecule has 33 heavy (non-hydrogen) atoms. The number of amides is 2. The molecule has 0 spiro atoms. The summed E-state index contributed by atoms with van der Waals surface area (Å²) in [5.41, 5.74) is 7.60. The van der Waals surface area contributed by atoms with Crippen LogP contribution in [0, 0.1) is 6.92 Å². The van der Waals surface area contributed by atoms with E-state index in [0.29, 0.717) is 12.5 Å². The van der Waals surface area contributed by atoms with E-state index in [1.165, 1.54) is 5.56 Å². The summed E-state index contributed by atoms with van der Waals surface area (Å²) in [6.07, 6.45) is 2.09. The maximum atomic E-state index is 13.8. The second-order valence-electron chi connectivity index (χ2n) is 9.03. The predicted molar refractivity (Wildman–Crippen MR) is 134 cm³/mol. The quantitative estimate of drug-likeness (QED) is 0.368. The van der Waals surface area contributed by atoms with Gasteiger partial charge in [-0.1, -0.05) is 74.5 Å². The first kappa shape index (κ1) is 21.1. The second kappa shape index (κ2) is 8.62. The van der Waals surface area contributed by atoms with Crippen molar-refractivity contribution in [3.8, 4) is 5.69 Å². The molecule has 0 bridgehead atoms. The number of hydrogen-bond donors (Lipinski definition) is 1. The zero-order chi connectivity index (χ0) is 22.9. The van der Waals surface area contributed by atoms with Crippen molar-refractivity contribution in [3.63, 3.8) is 0 Å². The van der Waals surface area contributed by atoms with Crippen LogP contribution in [-0.2, 0) is 6.54 Å². The van der Waals surface area contributed by atoms with Crippen molar-refractivity contribution in [3.05, 3.63) is 119 Å². The highest BCUT2D eigenvalue weighted by molar-refractivity contribution is 5.91. The fraction of sp³-hybridized carbons (Fsp3) is 0.207. The summed E-state index contributed by atoms with van der Waals surface area (Å²) in [5, 5.41) is 3.17. The molecular weight excluding hydrogens is 406 g/mol. The lowest BCUT2D eigenvalue weighted by atomic mass is 9.97. The Morgan fingerprint density at radius 2 is 1.64 bits per heavy atom. The maximum Gasteiger partial charge on any atom is 0.322 e. The normalized spacial score (nSPS) is 15.0. The Bertz CT molecular complexity index is 1290. The summed E-state index contributed by atoms with van der Waals surface area (Å²) >= 11 is 0. The second-order valence-corrected chi connectivity index (χ2v) is 9.03. The molecule has 1 N–H and O–H groups in total. The van der Waals surface area contributed by atoms with Gasteiger partial charge in [-0.3, -0.25) is 0 Å². The lowest BCUT2D eigenvalue weighted by molar-refractivity contribution is 0.194. The first-order valence-electron chi connectivity index (χ1n) is 11.5. The number of anilines is 1. The van der Waals surface area contributed by atoms with Crippen LogP contribution in [0.25, 0.3) is 5.69 Å². The van der Waals surface area contributed by atoms with E-state index in [9.17, 15) is 4.79 Å². The molecule has 4 aromatic rings. The smallest absolute Gasteiger partial charge is 0.318 e. The molecule has 3 aromatic carbocycles. The Morgan fingerprint density at radius 3 is 2.39 bits per heavy atom. The van der Waals surface area contributed by atoms with E-state index in [4.69, 9.17) is 0 Å². The van der Waals surface area contributed by atoms with Gasteiger partial charge < -0.3 is 14.8 Å². The summed E-state index contributed by atoms with van der Waals surface area (Å²) in [4.78, 5) is 15.7. The summed E-state index contributed by atoms with van der Waals surface area (Å²) in [6.45, 7) is 6.93. The number of aromatic nitrogens is 1. The minimum Gasteiger partial charge on any atom is -0.318 e. The molecule has 0 radical (unpaired) electrons. The fourth-order valence-electron chi connectivity index (χ4n) is 4.65. The Kier molecular flexibility index (Phi) is 5.51. The van der Waals surface area contributed by atoms with Crippen LogP contribution in [0.2, 0.25) is 0 Å². The molecular formula is C29H29N3O. The number of nitrogens with zero attached hydrogens (tertiary/aromatic N) is 2. The topological polar surface area (TPSA) is 37.3 Å². The molecule has 166 valence electrons. The summed E-state index contributed by atoms with van der Waals surface area (Å²) in [6, 6.07) is 28.8. The third-order valence-corrected chi connectivity index (χ3v) is 6.53.